The van der Waals surface area contributed by atoms with Crippen molar-refractivity contribution in [1.82, 2.24) is 0 Å². The molecule has 1 aromatic heterocycles. The zero-order valence-corrected chi connectivity index (χ0v) is 8.65. The van der Waals surface area contributed by atoms with Gasteiger partial charge in [0.1, 0.15) is 11.6 Å². The molecule has 0 aliphatic heterocycles. The molecular formula is C11H9F2NS. The fourth-order valence-corrected chi connectivity index (χ4v) is 1.85. The molecule has 0 aliphatic carbocycles. The Morgan fingerprint density at radius 2 is 2.07 bits per heavy atom. The van der Waals surface area contributed by atoms with Crippen molar-refractivity contribution < 1.29 is 8.78 Å². The Morgan fingerprint density at radius 1 is 1.20 bits per heavy atom. The number of nitrogens with one attached hydrogen (secondary N) is 1. The van der Waals surface area contributed by atoms with Crippen molar-refractivity contribution in [2.75, 3.05) is 5.32 Å². The molecule has 0 unspecified atom stereocenters. The van der Waals surface area contributed by atoms with E-state index >= 15 is 0 Å². The molecule has 78 valence electrons. The van der Waals surface area contributed by atoms with Crippen molar-refractivity contribution >= 4 is 17.0 Å². The Balaban J connectivity index is 2.07. The Kier molecular flexibility index (Phi) is 2.97. The van der Waals surface area contributed by atoms with Crippen molar-refractivity contribution in [3.63, 3.8) is 0 Å². The van der Waals surface area contributed by atoms with Gasteiger partial charge in [0.05, 0.1) is 0 Å². The van der Waals surface area contributed by atoms with Crippen LogP contribution >= 0.6 is 11.3 Å². The summed E-state index contributed by atoms with van der Waals surface area (Å²) in [5, 5.41) is 6.85. The smallest absolute Gasteiger partial charge is 0.128 e. The summed E-state index contributed by atoms with van der Waals surface area (Å²) >= 11 is 1.55. The molecule has 4 heteroatoms. The highest BCUT2D eigenvalue weighted by atomic mass is 32.1. The average molecular weight is 225 g/mol. The van der Waals surface area contributed by atoms with Crippen molar-refractivity contribution in [2.24, 2.45) is 0 Å². The number of halogens is 2. The summed E-state index contributed by atoms with van der Waals surface area (Å²) in [4.78, 5) is 0. The van der Waals surface area contributed by atoms with Crippen LogP contribution in [0.1, 0.15) is 5.56 Å². The first-order valence-corrected chi connectivity index (χ1v) is 5.40. The molecule has 0 spiro atoms. The van der Waals surface area contributed by atoms with Crippen LogP contribution in [0.15, 0.2) is 35.0 Å². The van der Waals surface area contributed by atoms with Gasteiger partial charge < -0.3 is 5.32 Å². The lowest BCUT2D eigenvalue weighted by atomic mass is 10.2. The third kappa shape index (κ3) is 2.53. The number of rotatable bonds is 3. The molecule has 0 amide bonds. The van der Waals surface area contributed by atoms with Gasteiger partial charge in [-0.2, -0.15) is 11.3 Å². The van der Waals surface area contributed by atoms with E-state index in [9.17, 15) is 8.78 Å². The molecule has 0 saturated carbocycles. The van der Waals surface area contributed by atoms with Crippen LogP contribution in [0.3, 0.4) is 0 Å². The molecule has 0 aliphatic rings. The molecule has 1 nitrogen and oxygen atoms in total. The zero-order valence-electron chi connectivity index (χ0n) is 7.84. The van der Waals surface area contributed by atoms with Gasteiger partial charge in [-0.25, -0.2) is 8.78 Å². The molecule has 2 aromatic rings. The second-order valence-electron chi connectivity index (χ2n) is 3.10. The van der Waals surface area contributed by atoms with Crippen LogP contribution in [0.25, 0.3) is 0 Å². The Hall–Kier alpha value is -1.42. The number of hydrogen-bond donors (Lipinski definition) is 1. The molecule has 0 bridgehead atoms. The molecule has 0 saturated heterocycles. The lowest BCUT2D eigenvalue weighted by Gasteiger charge is -2.05. The maximum absolute atomic E-state index is 13.2. The fraction of sp³-hybridized carbons (Fsp3) is 0.0909. The zero-order chi connectivity index (χ0) is 10.7. The van der Waals surface area contributed by atoms with Gasteiger partial charge in [-0.05, 0) is 29.6 Å². The van der Waals surface area contributed by atoms with Gasteiger partial charge in [-0.1, -0.05) is 0 Å². The summed E-state index contributed by atoms with van der Waals surface area (Å²) in [7, 11) is 0. The van der Waals surface area contributed by atoms with Crippen LogP contribution in [0, 0.1) is 11.6 Å². The van der Waals surface area contributed by atoms with Gasteiger partial charge in [0, 0.05) is 23.2 Å². The first-order valence-electron chi connectivity index (χ1n) is 4.46. The highest BCUT2D eigenvalue weighted by Gasteiger charge is 2.03. The van der Waals surface area contributed by atoms with Crippen LogP contribution in [0.4, 0.5) is 14.5 Å². The second-order valence-corrected chi connectivity index (χ2v) is 3.88. The maximum Gasteiger partial charge on any atom is 0.128 e. The third-order valence-corrected chi connectivity index (χ3v) is 2.70. The van der Waals surface area contributed by atoms with E-state index in [-0.39, 0.29) is 5.82 Å². The first kappa shape index (κ1) is 10.1. The van der Waals surface area contributed by atoms with Crippen molar-refractivity contribution in [3.05, 3.63) is 52.2 Å². The highest BCUT2D eigenvalue weighted by Crippen LogP contribution is 2.15. The van der Waals surface area contributed by atoms with Crippen molar-refractivity contribution in [3.8, 4) is 0 Å². The van der Waals surface area contributed by atoms with Crippen LogP contribution < -0.4 is 5.32 Å². The SMILES string of the molecule is Fc1ccc(F)c(CNc2ccsc2)c1. The van der Waals surface area contributed by atoms with Crippen LogP contribution in [0.2, 0.25) is 0 Å². The van der Waals surface area contributed by atoms with Gasteiger partial charge in [-0.3, -0.25) is 0 Å². The molecular weight excluding hydrogens is 216 g/mol. The topological polar surface area (TPSA) is 12.0 Å². The summed E-state index contributed by atoms with van der Waals surface area (Å²) in [6.45, 7) is 0.292. The van der Waals surface area contributed by atoms with E-state index in [1.54, 1.807) is 11.3 Å². The van der Waals surface area contributed by atoms with Crippen molar-refractivity contribution in [1.29, 1.82) is 0 Å². The van der Waals surface area contributed by atoms with Crippen molar-refractivity contribution in [2.45, 2.75) is 6.54 Å². The summed E-state index contributed by atoms with van der Waals surface area (Å²) in [6.07, 6.45) is 0. The van der Waals surface area contributed by atoms with E-state index in [1.165, 1.54) is 6.07 Å². The summed E-state index contributed by atoms with van der Waals surface area (Å²) in [5.41, 5.74) is 1.25. The Bertz CT molecular complexity index is 440. The minimum atomic E-state index is -0.418. The summed E-state index contributed by atoms with van der Waals surface area (Å²) in [6, 6.07) is 5.35. The van der Waals surface area contributed by atoms with Gasteiger partial charge in [0.15, 0.2) is 0 Å². The molecule has 1 aromatic carbocycles. The third-order valence-electron chi connectivity index (χ3n) is 2.01. The molecule has 2 rings (SSSR count). The monoisotopic (exact) mass is 225 g/mol. The van der Waals surface area contributed by atoms with E-state index in [1.807, 2.05) is 16.8 Å². The van der Waals surface area contributed by atoms with Gasteiger partial charge >= 0.3 is 0 Å². The lowest BCUT2D eigenvalue weighted by Crippen LogP contribution is -2.01. The number of anilines is 1. The van der Waals surface area contributed by atoms with E-state index in [0.717, 1.165) is 17.8 Å². The quantitative estimate of drug-likeness (QED) is 0.841. The first-order chi connectivity index (χ1) is 7.25. The Labute approximate surface area is 90.4 Å². The minimum absolute atomic E-state index is 0.292. The molecule has 0 atom stereocenters. The van der Waals surface area contributed by atoms with Crippen LogP contribution in [-0.2, 0) is 6.54 Å². The predicted molar refractivity (Wildman–Crippen MR) is 58.0 cm³/mol. The van der Waals surface area contributed by atoms with Crippen LogP contribution in [-0.4, -0.2) is 0 Å². The normalized spacial score (nSPS) is 10.3. The lowest BCUT2D eigenvalue weighted by molar-refractivity contribution is 0.587. The molecule has 1 heterocycles. The molecule has 15 heavy (non-hydrogen) atoms. The standard InChI is InChI=1S/C11H9F2NS/c12-9-1-2-11(13)8(5-9)6-14-10-3-4-15-7-10/h1-5,7,14H,6H2. The molecule has 0 fully saturated rings. The van der Waals surface area contributed by atoms with E-state index in [2.05, 4.69) is 5.32 Å². The van der Waals surface area contributed by atoms with Gasteiger partial charge in [0.25, 0.3) is 0 Å². The van der Waals surface area contributed by atoms with Crippen LogP contribution in [0.5, 0.6) is 0 Å². The van der Waals surface area contributed by atoms with E-state index < -0.39 is 5.82 Å². The summed E-state index contributed by atoms with van der Waals surface area (Å²) < 4.78 is 26.0. The molecule has 1 N–H and O–H groups in total. The largest absolute Gasteiger partial charge is 0.380 e. The fourth-order valence-electron chi connectivity index (χ4n) is 1.24. The Morgan fingerprint density at radius 3 is 2.80 bits per heavy atom. The minimum Gasteiger partial charge on any atom is -0.380 e. The van der Waals surface area contributed by atoms with E-state index in [0.29, 0.717) is 12.1 Å². The van der Waals surface area contributed by atoms with E-state index in [4.69, 9.17) is 0 Å². The van der Waals surface area contributed by atoms with Gasteiger partial charge in [-0.15, -0.1) is 0 Å². The number of thiophene rings is 1. The number of hydrogen-bond acceptors (Lipinski definition) is 2. The second kappa shape index (κ2) is 4.40. The average Bonchev–Trinajstić information content (AvgIpc) is 2.72. The maximum atomic E-state index is 13.2. The molecule has 0 radical (unpaired) electrons. The highest BCUT2D eigenvalue weighted by molar-refractivity contribution is 7.08. The summed E-state index contributed by atoms with van der Waals surface area (Å²) in [5.74, 6) is -0.808. The predicted octanol–water partition coefficient (Wildman–Crippen LogP) is 3.64. The number of benzene rings is 1. The van der Waals surface area contributed by atoms with Gasteiger partial charge in [0.2, 0.25) is 0 Å².